The van der Waals surface area contributed by atoms with Gasteiger partial charge in [0.05, 0.1) is 0 Å². The molecule has 0 saturated heterocycles. The van der Waals surface area contributed by atoms with Gasteiger partial charge in [0.2, 0.25) is 0 Å². The van der Waals surface area contributed by atoms with Gasteiger partial charge in [-0.1, -0.05) is 13.3 Å². The Labute approximate surface area is 60.5 Å². The third-order valence-electron chi connectivity index (χ3n) is 0.354. The number of hydrogen-bond acceptors (Lipinski definition) is 0. The third kappa shape index (κ3) is 20.8. The summed E-state index contributed by atoms with van der Waals surface area (Å²) in [7, 11) is 0. The number of rotatable bonds is 1. The maximum Gasteiger partial charge on any atom is 2.00 e. The summed E-state index contributed by atoms with van der Waals surface area (Å²) in [6.07, 6.45) is 2.28. The van der Waals surface area contributed by atoms with E-state index in [1.165, 1.54) is 6.42 Å². The van der Waals surface area contributed by atoms with Crippen LogP contribution in [-0.4, -0.2) is 0 Å². The largest absolute Gasteiger partial charge is 2.00 e. The van der Waals surface area contributed by atoms with Crippen molar-refractivity contribution >= 4 is 0 Å². The van der Waals surface area contributed by atoms with E-state index in [0.29, 0.717) is 0 Å². The van der Waals surface area contributed by atoms with E-state index in [9.17, 15) is 0 Å². The molecule has 0 fully saturated rings. The maximum atomic E-state index is 3.60. The molecule has 6 heavy (non-hydrogen) atoms. The SMILES string of the molecule is [CH2-]CCC.[CH3-].[Zr+2]. The average Bonchev–Trinajstić information content (AvgIpc) is 1.37. The second kappa shape index (κ2) is 16.9. The molecule has 36 valence electrons. The molecule has 0 unspecified atom stereocenters. The van der Waals surface area contributed by atoms with Crippen molar-refractivity contribution in [1.29, 1.82) is 0 Å². The summed E-state index contributed by atoms with van der Waals surface area (Å²) in [5, 5.41) is 0. The molecule has 0 nitrogen and oxygen atoms in total. The molecule has 0 amide bonds. The Balaban J connectivity index is -0.0000000450. The molecule has 0 heterocycles. The van der Waals surface area contributed by atoms with Crippen molar-refractivity contribution in [2.24, 2.45) is 0 Å². The van der Waals surface area contributed by atoms with Crippen molar-refractivity contribution < 1.29 is 26.2 Å². The normalized spacial score (nSPS) is 5.00. The van der Waals surface area contributed by atoms with Gasteiger partial charge in [-0.3, -0.25) is 0 Å². The Morgan fingerprint density at radius 1 is 1.50 bits per heavy atom. The van der Waals surface area contributed by atoms with Crippen LogP contribution >= 0.6 is 0 Å². The van der Waals surface area contributed by atoms with E-state index >= 15 is 0 Å². The van der Waals surface area contributed by atoms with Crippen LogP contribution < -0.4 is 0 Å². The van der Waals surface area contributed by atoms with E-state index in [1.54, 1.807) is 0 Å². The van der Waals surface area contributed by atoms with Crippen molar-refractivity contribution in [3.63, 3.8) is 0 Å². The molecule has 0 bridgehead atoms. The Kier molecular flexibility index (Phi) is 44.4. The first-order chi connectivity index (χ1) is 1.91. The number of hydrogen-bond donors (Lipinski definition) is 0. The van der Waals surface area contributed by atoms with E-state index in [4.69, 9.17) is 0 Å². The molecule has 0 radical (unpaired) electrons. The smallest absolute Gasteiger partial charge is 0.358 e. The topological polar surface area (TPSA) is 0 Å². The van der Waals surface area contributed by atoms with Crippen LogP contribution in [0, 0.1) is 14.4 Å². The molecular formula is C5H12Zr. The van der Waals surface area contributed by atoms with Crippen molar-refractivity contribution in [1.82, 2.24) is 0 Å². The fraction of sp³-hybridized carbons (Fsp3) is 0.600. The molecular weight excluding hydrogens is 151 g/mol. The fourth-order valence-electron chi connectivity index (χ4n) is 0. The Morgan fingerprint density at radius 3 is 1.67 bits per heavy atom. The van der Waals surface area contributed by atoms with Gasteiger partial charge in [-0.2, -0.15) is 6.42 Å². The molecule has 1 heteroatoms. The van der Waals surface area contributed by atoms with Crippen molar-refractivity contribution in [2.45, 2.75) is 19.8 Å². The van der Waals surface area contributed by atoms with Gasteiger partial charge in [-0.25, -0.2) is 0 Å². The second-order valence-corrected chi connectivity index (χ2v) is 0.854. The maximum absolute atomic E-state index is 3.60. The van der Waals surface area contributed by atoms with Gasteiger partial charge in [0.15, 0.2) is 0 Å². The Morgan fingerprint density at radius 2 is 1.67 bits per heavy atom. The summed E-state index contributed by atoms with van der Waals surface area (Å²) in [5.41, 5.74) is 0. The van der Waals surface area contributed by atoms with Crippen LogP contribution in [0.15, 0.2) is 0 Å². The van der Waals surface area contributed by atoms with E-state index in [2.05, 4.69) is 13.8 Å². The van der Waals surface area contributed by atoms with Gasteiger partial charge in [0.1, 0.15) is 0 Å². The van der Waals surface area contributed by atoms with Crippen molar-refractivity contribution in [3.8, 4) is 0 Å². The zero-order valence-electron chi connectivity index (χ0n) is 4.62. The minimum absolute atomic E-state index is 0. The van der Waals surface area contributed by atoms with Crippen LogP contribution in [0.3, 0.4) is 0 Å². The number of unbranched alkanes of at least 4 members (excludes halogenated alkanes) is 1. The summed E-state index contributed by atoms with van der Waals surface area (Å²) in [5.74, 6) is 0. The second-order valence-electron chi connectivity index (χ2n) is 0.854. The van der Waals surface area contributed by atoms with Crippen molar-refractivity contribution in [2.75, 3.05) is 0 Å². The standard InChI is InChI=1S/C4H9.CH3.Zr/c1-3-4-2;;/h1,3-4H2,2H3;1H3;/q2*-1;+2. The minimum atomic E-state index is 0. The van der Waals surface area contributed by atoms with E-state index in [1.807, 2.05) is 0 Å². The van der Waals surface area contributed by atoms with Crippen LogP contribution in [0.4, 0.5) is 0 Å². The van der Waals surface area contributed by atoms with Crippen molar-refractivity contribution in [3.05, 3.63) is 14.4 Å². The Bertz CT molecular complexity index is 5.90. The molecule has 0 aromatic rings. The summed E-state index contributed by atoms with van der Waals surface area (Å²) in [4.78, 5) is 0. The molecule has 0 spiro atoms. The first-order valence-corrected chi connectivity index (χ1v) is 1.71. The zero-order chi connectivity index (χ0) is 3.41. The quantitative estimate of drug-likeness (QED) is 0.519. The molecule has 0 N–H and O–H groups in total. The van der Waals surface area contributed by atoms with Crippen LogP contribution in [0.25, 0.3) is 0 Å². The van der Waals surface area contributed by atoms with Crippen LogP contribution in [0.5, 0.6) is 0 Å². The van der Waals surface area contributed by atoms with E-state index in [0.717, 1.165) is 6.42 Å². The molecule has 0 rings (SSSR count). The molecule has 0 aliphatic heterocycles. The van der Waals surface area contributed by atoms with Gasteiger partial charge in [0.25, 0.3) is 0 Å². The van der Waals surface area contributed by atoms with Crippen LogP contribution in [0.1, 0.15) is 19.8 Å². The van der Waals surface area contributed by atoms with Gasteiger partial charge >= 0.3 is 26.2 Å². The molecule has 0 aromatic carbocycles. The molecule has 0 aliphatic rings. The molecule has 0 aliphatic carbocycles. The zero-order valence-corrected chi connectivity index (χ0v) is 7.08. The van der Waals surface area contributed by atoms with Crippen LogP contribution in [0.2, 0.25) is 0 Å². The average molecular weight is 163 g/mol. The molecule has 0 saturated carbocycles. The van der Waals surface area contributed by atoms with Gasteiger partial charge in [-0.15, -0.1) is 0 Å². The first-order valence-electron chi connectivity index (χ1n) is 1.71. The van der Waals surface area contributed by atoms with Crippen LogP contribution in [-0.2, 0) is 26.2 Å². The van der Waals surface area contributed by atoms with E-state index in [-0.39, 0.29) is 33.6 Å². The summed E-state index contributed by atoms with van der Waals surface area (Å²) < 4.78 is 0. The molecule has 0 atom stereocenters. The summed E-state index contributed by atoms with van der Waals surface area (Å²) in [6, 6.07) is 0. The van der Waals surface area contributed by atoms with Gasteiger partial charge in [0, 0.05) is 0 Å². The molecule has 0 aromatic heterocycles. The first kappa shape index (κ1) is 15.8. The minimum Gasteiger partial charge on any atom is -0.358 e. The van der Waals surface area contributed by atoms with E-state index < -0.39 is 0 Å². The third-order valence-corrected chi connectivity index (χ3v) is 0.354. The van der Waals surface area contributed by atoms with Gasteiger partial charge in [-0.05, 0) is 0 Å². The van der Waals surface area contributed by atoms with Gasteiger partial charge < -0.3 is 14.4 Å². The summed E-state index contributed by atoms with van der Waals surface area (Å²) in [6.45, 7) is 5.72. The monoisotopic (exact) mass is 162 g/mol. The fourth-order valence-corrected chi connectivity index (χ4v) is 0. The summed E-state index contributed by atoms with van der Waals surface area (Å²) >= 11 is 0. The predicted molar refractivity (Wildman–Crippen MR) is 26.7 cm³/mol. The predicted octanol–water partition coefficient (Wildman–Crippen LogP) is 2.07. The Hall–Kier alpha value is 0.883.